The molecule has 0 saturated carbocycles. The van der Waals surface area contributed by atoms with Crippen molar-refractivity contribution in [3.05, 3.63) is 41.6 Å². The number of esters is 2. The van der Waals surface area contributed by atoms with Crippen LogP contribution in [0, 0.1) is 0 Å². The molecule has 9 nitrogen and oxygen atoms in total. The lowest BCUT2D eigenvalue weighted by Gasteiger charge is -2.29. The molecule has 2 rings (SSSR count). The molecule has 0 aromatic heterocycles. The quantitative estimate of drug-likeness (QED) is 0.389. The van der Waals surface area contributed by atoms with Crippen molar-refractivity contribution in [1.29, 1.82) is 0 Å². The third kappa shape index (κ3) is 4.59. The first-order chi connectivity index (χ1) is 12.1. The molecule has 1 aromatic rings. The fourth-order valence-electron chi connectivity index (χ4n) is 2.27. The largest absolute Gasteiger partial charge is 0.481 e. The van der Waals surface area contributed by atoms with E-state index in [4.69, 9.17) is 19.7 Å². The van der Waals surface area contributed by atoms with Crippen LogP contribution in [0.15, 0.2) is 36.0 Å². The number of benzene rings is 1. The number of carboxylic acid groups (broad SMARTS) is 2. The monoisotopic (exact) mass is 363 g/mol. The second-order valence-corrected chi connectivity index (χ2v) is 5.99. The van der Waals surface area contributed by atoms with Crippen LogP contribution in [0.4, 0.5) is 5.69 Å². The summed E-state index contributed by atoms with van der Waals surface area (Å²) in [5.74, 6) is -6.63. The standard InChI is InChI=1S/C17H17NO8/c1-17(2)25-15(23)12(16(24)26-17)8-18-10-5-3-9(4-6-10)11(14(21)22)7-13(19)20/h3-6,8,11,18H,7H2,1-2H3,(H,19,20)(H,21,22). The fraction of sp³-hybridized carbons (Fsp3) is 0.294. The van der Waals surface area contributed by atoms with Gasteiger partial charge in [-0.2, -0.15) is 0 Å². The Kier molecular flexibility index (Phi) is 5.30. The number of carbonyl (C=O) groups is 4. The van der Waals surface area contributed by atoms with Gasteiger partial charge in [-0.3, -0.25) is 9.59 Å². The molecule has 3 N–H and O–H groups in total. The van der Waals surface area contributed by atoms with Gasteiger partial charge in [-0.15, -0.1) is 0 Å². The SMILES string of the molecule is CC1(C)OC(=O)C(=CNc2ccc(C(CC(=O)O)C(=O)O)cc2)C(=O)O1. The molecule has 1 aliphatic heterocycles. The minimum Gasteiger partial charge on any atom is -0.481 e. The van der Waals surface area contributed by atoms with E-state index in [9.17, 15) is 19.2 Å². The van der Waals surface area contributed by atoms with Crippen LogP contribution in [0.25, 0.3) is 0 Å². The van der Waals surface area contributed by atoms with Gasteiger partial charge >= 0.3 is 23.9 Å². The Hall–Kier alpha value is -3.36. The topological polar surface area (TPSA) is 139 Å². The number of nitrogens with one attached hydrogen (secondary N) is 1. The number of carboxylic acids is 2. The average Bonchev–Trinajstić information content (AvgIpc) is 2.51. The van der Waals surface area contributed by atoms with Gasteiger partial charge in [0.05, 0.1) is 12.3 Å². The van der Waals surface area contributed by atoms with E-state index in [1.165, 1.54) is 38.1 Å². The minimum atomic E-state index is -1.33. The molecule has 26 heavy (non-hydrogen) atoms. The zero-order chi connectivity index (χ0) is 19.5. The highest BCUT2D eigenvalue weighted by molar-refractivity contribution is 6.15. The van der Waals surface area contributed by atoms with Gasteiger partial charge in [0.25, 0.3) is 5.79 Å². The maximum Gasteiger partial charge on any atom is 0.350 e. The minimum absolute atomic E-state index is 0.316. The number of carbonyl (C=O) groups excluding carboxylic acids is 2. The van der Waals surface area contributed by atoms with Crippen molar-refractivity contribution in [1.82, 2.24) is 0 Å². The summed E-state index contributed by atoms with van der Waals surface area (Å²) in [4.78, 5) is 45.6. The van der Waals surface area contributed by atoms with E-state index in [-0.39, 0.29) is 5.57 Å². The van der Waals surface area contributed by atoms with Crippen LogP contribution in [0.1, 0.15) is 31.7 Å². The van der Waals surface area contributed by atoms with Crippen molar-refractivity contribution in [3.8, 4) is 0 Å². The van der Waals surface area contributed by atoms with E-state index in [2.05, 4.69) is 5.32 Å². The third-order valence-corrected chi connectivity index (χ3v) is 3.49. The van der Waals surface area contributed by atoms with Crippen LogP contribution in [-0.4, -0.2) is 39.9 Å². The first kappa shape index (κ1) is 19.0. The molecule has 0 amide bonds. The number of ether oxygens (including phenoxy) is 2. The van der Waals surface area contributed by atoms with Gasteiger partial charge in [0, 0.05) is 25.7 Å². The molecule has 1 unspecified atom stereocenters. The van der Waals surface area contributed by atoms with Crippen LogP contribution in [0.5, 0.6) is 0 Å². The van der Waals surface area contributed by atoms with Crippen molar-refractivity contribution in [3.63, 3.8) is 0 Å². The molecule has 9 heteroatoms. The smallest absolute Gasteiger partial charge is 0.350 e. The Morgan fingerprint density at radius 2 is 1.65 bits per heavy atom. The molecule has 1 aliphatic rings. The molecule has 1 atom stereocenters. The number of cyclic esters (lactones) is 2. The van der Waals surface area contributed by atoms with Gasteiger partial charge in [0.2, 0.25) is 0 Å². The molecule has 1 saturated heterocycles. The lowest BCUT2D eigenvalue weighted by molar-refractivity contribution is -0.222. The highest BCUT2D eigenvalue weighted by atomic mass is 16.7. The van der Waals surface area contributed by atoms with Crippen molar-refractivity contribution >= 4 is 29.6 Å². The van der Waals surface area contributed by atoms with Gasteiger partial charge < -0.3 is 25.0 Å². The number of hydrogen-bond donors (Lipinski definition) is 3. The summed E-state index contributed by atoms with van der Waals surface area (Å²) < 4.78 is 9.90. The van der Waals surface area contributed by atoms with Crippen molar-refractivity contribution in [2.24, 2.45) is 0 Å². The van der Waals surface area contributed by atoms with Crippen LogP contribution < -0.4 is 5.32 Å². The van der Waals surface area contributed by atoms with Crippen LogP contribution in [0.3, 0.4) is 0 Å². The van der Waals surface area contributed by atoms with E-state index < -0.39 is 42.0 Å². The zero-order valence-electron chi connectivity index (χ0n) is 14.0. The maximum atomic E-state index is 11.8. The van der Waals surface area contributed by atoms with E-state index in [1.807, 2.05) is 0 Å². The van der Waals surface area contributed by atoms with E-state index in [0.717, 1.165) is 6.20 Å². The summed E-state index contributed by atoms with van der Waals surface area (Å²) in [5, 5.41) is 20.6. The number of anilines is 1. The molecular weight excluding hydrogens is 346 g/mol. The van der Waals surface area contributed by atoms with Gasteiger partial charge in [-0.25, -0.2) is 9.59 Å². The van der Waals surface area contributed by atoms with Crippen molar-refractivity contribution in [2.45, 2.75) is 32.0 Å². The van der Waals surface area contributed by atoms with Gasteiger partial charge in [-0.1, -0.05) is 12.1 Å². The number of hydrogen-bond acceptors (Lipinski definition) is 7. The van der Waals surface area contributed by atoms with Crippen LogP contribution >= 0.6 is 0 Å². The van der Waals surface area contributed by atoms with E-state index in [0.29, 0.717) is 11.3 Å². The Morgan fingerprint density at radius 3 is 2.12 bits per heavy atom. The molecule has 0 spiro atoms. The predicted molar refractivity (Wildman–Crippen MR) is 87.0 cm³/mol. The Bertz CT molecular complexity index is 756. The predicted octanol–water partition coefficient (Wildman–Crippen LogP) is 1.46. The average molecular weight is 363 g/mol. The summed E-state index contributed by atoms with van der Waals surface area (Å²) in [7, 11) is 0. The van der Waals surface area contributed by atoms with Gasteiger partial charge in [-0.05, 0) is 17.7 Å². The summed E-state index contributed by atoms with van der Waals surface area (Å²) in [6.07, 6.45) is 0.584. The molecule has 0 bridgehead atoms. The second-order valence-electron chi connectivity index (χ2n) is 5.99. The lowest BCUT2D eigenvalue weighted by Crippen LogP contribution is -2.42. The summed E-state index contributed by atoms with van der Waals surface area (Å²) >= 11 is 0. The molecular formula is C17H17NO8. The van der Waals surface area contributed by atoms with E-state index >= 15 is 0 Å². The normalized spacial score (nSPS) is 16.9. The summed E-state index contributed by atoms with van der Waals surface area (Å²) in [5.41, 5.74) is 0.449. The molecule has 1 fully saturated rings. The van der Waals surface area contributed by atoms with Crippen LogP contribution in [-0.2, 0) is 28.7 Å². The molecule has 0 radical (unpaired) electrons. The first-order valence-corrected chi connectivity index (χ1v) is 7.57. The second kappa shape index (κ2) is 7.26. The zero-order valence-corrected chi connectivity index (χ0v) is 14.0. The van der Waals surface area contributed by atoms with Crippen LogP contribution in [0.2, 0.25) is 0 Å². The summed E-state index contributed by atoms with van der Waals surface area (Å²) in [6.45, 7) is 2.86. The third-order valence-electron chi connectivity index (χ3n) is 3.49. The molecule has 1 aromatic carbocycles. The highest BCUT2D eigenvalue weighted by Crippen LogP contribution is 2.24. The Balaban J connectivity index is 2.12. The van der Waals surface area contributed by atoms with Crippen molar-refractivity contribution < 1.29 is 38.9 Å². The first-order valence-electron chi connectivity index (χ1n) is 7.57. The molecule has 138 valence electrons. The molecule has 1 heterocycles. The van der Waals surface area contributed by atoms with Gasteiger partial charge in [0.1, 0.15) is 0 Å². The molecule has 0 aliphatic carbocycles. The Labute approximate surface area is 148 Å². The fourth-order valence-corrected chi connectivity index (χ4v) is 2.27. The summed E-state index contributed by atoms with van der Waals surface area (Å²) in [6, 6.07) is 5.88. The Morgan fingerprint density at radius 1 is 1.12 bits per heavy atom. The van der Waals surface area contributed by atoms with Crippen molar-refractivity contribution in [2.75, 3.05) is 5.32 Å². The maximum absolute atomic E-state index is 11.8. The lowest BCUT2D eigenvalue weighted by atomic mass is 9.96. The number of rotatable bonds is 6. The van der Waals surface area contributed by atoms with Gasteiger partial charge in [0.15, 0.2) is 5.57 Å². The highest BCUT2D eigenvalue weighted by Gasteiger charge is 2.38. The van der Waals surface area contributed by atoms with E-state index in [1.54, 1.807) is 0 Å². The number of aliphatic carboxylic acids is 2.